The number of phenols is 3. The maximum atomic E-state index is 13.0. The van der Waals surface area contributed by atoms with Gasteiger partial charge in [0.15, 0.2) is 16.9 Å². The van der Waals surface area contributed by atoms with Gasteiger partial charge < -0.3 is 29.2 Å². The molecule has 1 aliphatic rings. The van der Waals surface area contributed by atoms with E-state index in [9.17, 15) is 24.9 Å². The number of ether oxygens (including phenoxy) is 2. The van der Waals surface area contributed by atoms with Crippen molar-refractivity contribution in [3.63, 3.8) is 0 Å². The maximum Gasteiger partial charge on any atom is 0.312 e. The molecule has 0 aliphatic carbocycles. The smallest absolute Gasteiger partial charge is 0.312 e. The number of carbonyl (C=O) groups excluding carboxylic acids is 1. The van der Waals surface area contributed by atoms with Crippen LogP contribution in [0.1, 0.15) is 23.5 Å². The Bertz CT molecular complexity index is 1480. The normalized spacial score (nSPS) is 15.2. The topological polar surface area (TPSA) is 126 Å². The molecular formula is C25H18O8. The van der Waals surface area contributed by atoms with Gasteiger partial charge in [0, 0.05) is 29.2 Å². The van der Waals surface area contributed by atoms with Gasteiger partial charge in [-0.25, -0.2) is 0 Å². The van der Waals surface area contributed by atoms with E-state index in [0.717, 1.165) is 0 Å². The van der Waals surface area contributed by atoms with Crippen molar-refractivity contribution in [2.75, 3.05) is 7.11 Å². The van der Waals surface area contributed by atoms with Gasteiger partial charge in [0.2, 0.25) is 0 Å². The Morgan fingerprint density at radius 2 is 1.79 bits per heavy atom. The van der Waals surface area contributed by atoms with Crippen molar-refractivity contribution in [2.24, 2.45) is 0 Å². The second-order valence-electron chi connectivity index (χ2n) is 7.70. The van der Waals surface area contributed by atoms with E-state index < -0.39 is 17.3 Å². The average molecular weight is 446 g/mol. The van der Waals surface area contributed by atoms with Crippen molar-refractivity contribution in [1.82, 2.24) is 0 Å². The van der Waals surface area contributed by atoms with Gasteiger partial charge >= 0.3 is 5.97 Å². The quantitative estimate of drug-likeness (QED) is 0.318. The Labute approximate surface area is 186 Å². The molecule has 0 unspecified atom stereocenters. The van der Waals surface area contributed by atoms with E-state index in [0.29, 0.717) is 16.7 Å². The summed E-state index contributed by atoms with van der Waals surface area (Å²) in [4.78, 5) is 25.3. The molecule has 5 rings (SSSR count). The highest BCUT2D eigenvalue weighted by Crippen LogP contribution is 2.46. The van der Waals surface area contributed by atoms with Crippen LogP contribution in [-0.4, -0.2) is 28.4 Å². The standard InChI is InChI=1S/C25H18O8/c1-31-19-6-5-13(8-16(19)27)20-10-17(28)24-18(29)11-21-23(25(24)33-20)15(9-22(30)32-21)12-3-2-4-14(26)7-12/h2-8,10-11,15,26-27,29H,9H2,1H3/t15-/m0/s1. The first kappa shape index (κ1) is 20.4. The highest BCUT2D eigenvalue weighted by atomic mass is 16.5. The lowest BCUT2D eigenvalue weighted by atomic mass is 9.85. The molecule has 1 atom stereocenters. The number of fused-ring (bicyclic) bond motifs is 3. The van der Waals surface area contributed by atoms with E-state index in [-0.39, 0.29) is 51.9 Å². The van der Waals surface area contributed by atoms with Crippen molar-refractivity contribution < 1.29 is 34.0 Å². The third-order valence-electron chi connectivity index (χ3n) is 5.66. The summed E-state index contributed by atoms with van der Waals surface area (Å²) < 4.78 is 16.5. The van der Waals surface area contributed by atoms with Crippen LogP contribution in [0.2, 0.25) is 0 Å². The first-order valence-corrected chi connectivity index (χ1v) is 10.1. The van der Waals surface area contributed by atoms with Crippen LogP contribution >= 0.6 is 0 Å². The molecule has 8 nitrogen and oxygen atoms in total. The number of carbonyl (C=O) groups is 1. The summed E-state index contributed by atoms with van der Waals surface area (Å²) in [6.45, 7) is 0. The van der Waals surface area contributed by atoms with E-state index in [1.807, 2.05) is 0 Å². The fraction of sp³-hybridized carbons (Fsp3) is 0.120. The van der Waals surface area contributed by atoms with Gasteiger partial charge in [0.25, 0.3) is 0 Å². The van der Waals surface area contributed by atoms with Crippen molar-refractivity contribution >= 4 is 16.9 Å². The molecular weight excluding hydrogens is 428 g/mol. The molecule has 33 heavy (non-hydrogen) atoms. The Morgan fingerprint density at radius 1 is 0.970 bits per heavy atom. The second-order valence-corrected chi connectivity index (χ2v) is 7.70. The summed E-state index contributed by atoms with van der Waals surface area (Å²) in [7, 11) is 1.42. The molecule has 0 saturated carbocycles. The maximum absolute atomic E-state index is 13.0. The van der Waals surface area contributed by atoms with E-state index in [1.165, 1.54) is 43.5 Å². The van der Waals surface area contributed by atoms with E-state index in [1.54, 1.807) is 18.2 Å². The Hall–Kier alpha value is -4.46. The predicted molar refractivity (Wildman–Crippen MR) is 118 cm³/mol. The average Bonchev–Trinajstić information content (AvgIpc) is 2.77. The first-order chi connectivity index (χ1) is 15.9. The van der Waals surface area contributed by atoms with Gasteiger partial charge in [0.05, 0.1) is 13.5 Å². The first-order valence-electron chi connectivity index (χ1n) is 10.1. The van der Waals surface area contributed by atoms with Crippen molar-refractivity contribution in [2.45, 2.75) is 12.3 Å². The highest BCUT2D eigenvalue weighted by molar-refractivity contribution is 5.93. The number of methoxy groups -OCH3 is 1. The summed E-state index contributed by atoms with van der Waals surface area (Å²) in [6, 6.07) is 13.4. The van der Waals surface area contributed by atoms with Crippen LogP contribution in [0.5, 0.6) is 28.7 Å². The van der Waals surface area contributed by atoms with Gasteiger partial charge in [0.1, 0.15) is 34.0 Å². The number of rotatable bonds is 3. The SMILES string of the molecule is COc1ccc(-c2cc(=O)c3c(O)cc4c(c3o2)[C@H](c2cccc(O)c2)CC(=O)O4)cc1O. The van der Waals surface area contributed by atoms with Gasteiger partial charge in [-0.05, 0) is 35.9 Å². The largest absolute Gasteiger partial charge is 0.508 e. The van der Waals surface area contributed by atoms with E-state index in [2.05, 4.69) is 0 Å². The van der Waals surface area contributed by atoms with Gasteiger partial charge in [-0.15, -0.1) is 0 Å². The fourth-order valence-corrected chi connectivity index (χ4v) is 4.17. The van der Waals surface area contributed by atoms with Crippen LogP contribution in [0.25, 0.3) is 22.3 Å². The number of hydrogen-bond acceptors (Lipinski definition) is 8. The van der Waals surface area contributed by atoms with E-state index >= 15 is 0 Å². The summed E-state index contributed by atoms with van der Waals surface area (Å²) in [5, 5.41) is 30.6. The van der Waals surface area contributed by atoms with Crippen LogP contribution < -0.4 is 14.9 Å². The van der Waals surface area contributed by atoms with Crippen molar-refractivity contribution in [1.29, 1.82) is 0 Å². The summed E-state index contributed by atoms with van der Waals surface area (Å²) in [5.41, 5.74) is 0.989. The van der Waals surface area contributed by atoms with Crippen LogP contribution in [0.15, 0.2) is 63.8 Å². The molecule has 1 aliphatic heterocycles. The minimum absolute atomic E-state index is 0.0203. The molecule has 2 heterocycles. The molecule has 3 N–H and O–H groups in total. The Balaban J connectivity index is 1.80. The molecule has 1 aromatic heterocycles. The summed E-state index contributed by atoms with van der Waals surface area (Å²) in [5.74, 6) is -1.13. The number of phenolic OH excluding ortho intramolecular Hbond substituents is 3. The Morgan fingerprint density at radius 3 is 2.52 bits per heavy atom. The Kier molecular flexibility index (Phi) is 4.70. The lowest BCUT2D eigenvalue weighted by Crippen LogP contribution is -2.22. The van der Waals surface area contributed by atoms with Gasteiger partial charge in [-0.3, -0.25) is 9.59 Å². The van der Waals surface area contributed by atoms with Crippen molar-refractivity contribution in [3.05, 3.63) is 75.9 Å². The van der Waals surface area contributed by atoms with Crippen LogP contribution in [0.4, 0.5) is 0 Å². The van der Waals surface area contributed by atoms with Gasteiger partial charge in [-0.2, -0.15) is 0 Å². The third kappa shape index (κ3) is 3.41. The predicted octanol–water partition coefficient (Wildman–Crippen LogP) is 4.03. The fourth-order valence-electron chi connectivity index (χ4n) is 4.17. The van der Waals surface area contributed by atoms with Crippen LogP contribution in [0, 0.1) is 0 Å². The van der Waals surface area contributed by atoms with E-state index in [4.69, 9.17) is 13.9 Å². The number of hydrogen-bond donors (Lipinski definition) is 3. The van der Waals surface area contributed by atoms with Gasteiger partial charge in [-0.1, -0.05) is 12.1 Å². The van der Waals surface area contributed by atoms with Crippen LogP contribution in [0.3, 0.4) is 0 Å². The molecule has 0 amide bonds. The molecule has 8 heteroatoms. The third-order valence-corrected chi connectivity index (χ3v) is 5.66. The summed E-state index contributed by atoms with van der Waals surface area (Å²) >= 11 is 0. The number of aromatic hydroxyl groups is 3. The molecule has 0 saturated heterocycles. The molecule has 166 valence electrons. The number of benzene rings is 3. The molecule has 0 bridgehead atoms. The zero-order valence-electron chi connectivity index (χ0n) is 17.4. The molecule has 0 fully saturated rings. The highest BCUT2D eigenvalue weighted by Gasteiger charge is 2.33. The minimum atomic E-state index is -0.584. The monoisotopic (exact) mass is 446 g/mol. The lowest BCUT2D eigenvalue weighted by molar-refractivity contribution is -0.135. The molecule has 0 spiro atoms. The number of esters is 1. The zero-order chi connectivity index (χ0) is 23.3. The minimum Gasteiger partial charge on any atom is -0.508 e. The van der Waals surface area contributed by atoms with Crippen molar-refractivity contribution in [3.8, 4) is 40.1 Å². The zero-order valence-corrected chi connectivity index (χ0v) is 17.4. The lowest BCUT2D eigenvalue weighted by Gasteiger charge is -2.26. The molecule has 3 aromatic carbocycles. The molecule has 0 radical (unpaired) electrons. The second kappa shape index (κ2) is 7.59. The summed E-state index contributed by atoms with van der Waals surface area (Å²) in [6.07, 6.45) is -0.0480. The molecule has 4 aromatic rings. The van der Waals surface area contributed by atoms with Crippen LogP contribution in [-0.2, 0) is 4.79 Å².